The van der Waals surface area contributed by atoms with Gasteiger partial charge in [0.05, 0.1) is 12.3 Å². The van der Waals surface area contributed by atoms with Gasteiger partial charge in [0.15, 0.2) is 0 Å². The van der Waals surface area contributed by atoms with Crippen molar-refractivity contribution in [2.24, 2.45) is 11.8 Å². The molecule has 0 aromatic heterocycles. The van der Waals surface area contributed by atoms with Crippen molar-refractivity contribution in [1.29, 1.82) is 0 Å². The molecule has 2 heteroatoms. The van der Waals surface area contributed by atoms with Crippen molar-refractivity contribution >= 4 is 5.69 Å². The molecule has 1 aromatic carbocycles. The predicted octanol–water partition coefficient (Wildman–Crippen LogP) is 4.57. The first-order chi connectivity index (χ1) is 8.54. The number of anilines is 1. The van der Waals surface area contributed by atoms with Crippen molar-refractivity contribution in [3.63, 3.8) is 0 Å². The van der Waals surface area contributed by atoms with Gasteiger partial charge < -0.3 is 10.1 Å². The van der Waals surface area contributed by atoms with Gasteiger partial charge in [-0.2, -0.15) is 0 Å². The lowest BCUT2D eigenvalue weighted by Gasteiger charge is -2.23. The Labute approximate surface area is 112 Å². The Morgan fingerprint density at radius 2 is 1.78 bits per heavy atom. The lowest BCUT2D eigenvalue weighted by Crippen LogP contribution is -2.23. The van der Waals surface area contributed by atoms with Crippen molar-refractivity contribution in [2.45, 2.75) is 47.1 Å². The number of nitrogens with one attached hydrogen (secondary N) is 1. The summed E-state index contributed by atoms with van der Waals surface area (Å²) in [5, 5.41) is 3.56. The van der Waals surface area contributed by atoms with Gasteiger partial charge in [0.2, 0.25) is 0 Å². The number of rotatable bonds is 7. The van der Waals surface area contributed by atoms with Crippen molar-refractivity contribution in [2.75, 3.05) is 11.9 Å². The minimum absolute atomic E-state index is 0.457. The van der Waals surface area contributed by atoms with Gasteiger partial charge in [-0.3, -0.25) is 0 Å². The zero-order valence-corrected chi connectivity index (χ0v) is 12.4. The fourth-order valence-electron chi connectivity index (χ4n) is 1.71. The molecule has 0 saturated carbocycles. The van der Waals surface area contributed by atoms with Crippen LogP contribution in [0.25, 0.3) is 0 Å². The molecule has 0 spiro atoms. The normalized spacial score (nSPS) is 14.3. The van der Waals surface area contributed by atoms with Gasteiger partial charge in [-0.15, -0.1) is 0 Å². The minimum Gasteiger partial charge on any atom is -0.491 e. The van der Waals surface area contributed by atoms with Gasteiger partial charge >= 0.3 is 0 Å². The summed E-state index contributed by atoms with van der Waals surface area (Å²) in [5.74, 6) is 2.16. The van der Waals surface area contributed by atoms with Crippen molar-refractivity contribution in [3.8, 4) is 5.75 Å². The summed E-state index contributed by atoms with van der Waals surface area (Å²) in [6, 6.07) is 8.66. The monoisotopic (exact) mass is 249 g/mol. The van der Waals surface area contributed by atoms with Crippen LogP contribution in [-0.4, -0.2) is 12.6 Å². The molecule has 0 heterocycles. The van der Waals surface area contributed by atoms with E-state index in [9.17, 15) is 0 Å². The molecule has 1 N–H and O–H groups in total. The number of hydrogen-bond donors (Lipinski definition) is 1. The van der Waals surface area contributed by atoms with E-state index in [2.05, 4.69) is 46.0 Å². The van der Waals surface area contributed by atoms with Crippen LogP contribution in [0.3, 0.4) is 0 Å². The van der Waals surface area contributed by atoms with E-state index >= 15 is 0 Å². The molecular formula is C16H27NO. The Kier molecular flexibility index (Phi) is 6.03. The molecule has 0 amide bonds. The quantitative estimate of drug-likeness (QED) is 0.764. The fraction of sp³-hybridized carbons (Fsp3) is 0.625. The molecule has 2 atom stereocenters. The van der Waals surface area contributed by atoms with Gasteiger partial charge in [-0.05, 0) is 30.9 Å². The Morgan fingerprint density at radius 1 is 1.11 bits per heavy atom. The summed E-state index contributed by atoms with van der Waals surface area (Å²) in [7, 11) is 0. The van der Waals surface area contributed by atoms with Gasteiger partial charge in [0.1, 0.15) is 5.75 Å². The van der Waals surface area contributed by atoms with Crippen LogP contribution in [0, 0.1) is 11.8 Å². The third-order valence-corrected chi connectivity index (χ3v) is 3.34. The van der Waals surface area contributed by atoms with E-state index in [1.165, 1.54) is 6.42 Å². The van der Waals surface area contributed by atoms with Crippen LogP contribution in [-0.2, 0) is 0 Å². The van der Waals surface area contributed by atoms with Crippen LogP contribution in [0.4, 0.5) is 5.69 Å². The maximum atomic E-state index is 5.85. The van der Waals surface area contributed by atoms with Crippen LogP contribution in [0.15, 0.2) is 24.3 Å². The van der Waals surface area contributed by atoms with E-state index in [-0.39, 0.29) is 0 Å². The van der Waals surface area contributed by atoms with Crippen molar-refractivity contribution < 1.29 is 4.74 Å². The average Bonchev–Trinajstić information content (AvgIpc) is 2.36. The highest BCUT2D eigenvalue weighted by molar-refractivity contribution is 5.56. The van der Waals surface area contributed by atoms with E-state index in [4.69, 9.17) is 4.74 Å². The zero-order chi connectivity index (χ0) is 13.5. The predicted molar refractivity (Wildman–Crippen MR) is 79.3 cm³/mol. The Hall–Kier alpha value is -1.18. The highest BCUT2D eigenvalue weighted by Gasteiger charge is 2.12. The second-order valence-electron chi connectivity index (χ2n) is 5.52. The molecule has 0 aliphatic rings. The van der Waals surface area contributed by atoms with Crippen LogP contribution in [0.5, 0.6) is 5.75 Å². The molecule has 2 unspecified atom stereocenters. The summed E-state index contributed by atoms with van der Waals surface area (Å²) in [6.07, 6.45) is 1.18. The van der Waals surface area contributed by atoms with Gasteiger partial charge in [-0.1, -0.05) is 46.2 Å². The molecule has 0 fully saturated rings. The summed E-state index contributed by atoms with van der Waals surface area (Å²) in [5.41, 5.74) is 1.10. The van der Waals surface area contributed by atoms with Gasteiger partial charge in [0, 0.05) is 6.04 Å². The van der Waals surface area contributed by atoms with E-state index in [0.717, 1.165) is 18.0 Å². The molecular weight excluding hydrogens is 222 g/mol. The molecule has 102 valence electrons. The number of para-hydroxylation sites is 2. The van der Waals surface area contributed by atoms with E-state index in [0.29, 0.717) is 17.9 Å². The highest BCUT2D eigenvalue weighted by Crippen LogP contribution is 2.26. The lowest BCUT2D eigenvalue weighted by atomic mass is 10.0. The van der Waals surface area contributed by atoms with Crippen LogP contribution < -0.4 is 10.1 Å². The first-order valence-electron chi connectivity index (χ1n) is 7.03. The molecule has 0 bridgehead atoms. The SMILES string of the molecule is CCC(C)C(C)Nc1ccccc1OCC(C)C. The van der Waals surface area contributed by atoms with Crippen LogP contribution in [0.2, 0.25) is 0 Å². The van der Waals surface area contributed by atoms with Crippen LogP contribution >= 0.6 is 0 Å². The molecule has 0 saturated heterocycles. The third kappa shape index (κ3) is 4.59. The first-order valence-corrected chi connectivity index (χ1v) is 7.03. The maximum absolute atomic E-state index is 5.85. The molecule has 0 radical (unpaired) electrons. The van der Waals surface area contributed by atoms with E-state index < -0.39 is 0 Å². The summed E-state index contributed by atoms with van der Waals surface area (Å²) < 4.78 is 5.85. The molecule has 2 nitrogen and oxygen atoms in total. The molecule has 1 rings (SSSR count). The van der Waals surface area contributed by atoms with Crippen molar-refractivity contribution in [3.05, 3.63) is 24.3 Å². The second kappa shape index (κ2) is 7.30. The summed E-state index contributed by atoms with van der Waals surface area (Å²) in [6.45, 7) is 11.8. The zero-order valence-electron chi connectivity index (χ0n) is 12.4. The Balaban J connectivity index is 2.69. The number of ether oxygens (including phenoxy) is 1. The summed E-state index contributed by atoms with van der Waals surface area (Å²) >= 11 is 0. The standard InChI is InChI=1S/C16H27NO/c1-6-13(4)14(5)17-15-9-7-8-10-16(15)18-11-12(2)3/h7-10,12-14,17H,6,11H2,1-5H3. The summed E-state index contributed by atoms with van der Waals surface area (Å²) in [4.78, 5) is 0. The van der Waals surface area contributed by atoms with Crippen molar-refractivity contribution in [1.82, 2.24) is 0 Å². The maximum Gasteiger partial charge on any atom is 0.142 e. The van der Waals surface area contributed by atoms with E-state index in [1.807, 2.05) is 18.2 Å². The average molecular weight is 249 g/mol. The lowest BCUT2D eigenvalue weighted by molar-refractivity contribution is 0.272. The first kappa shape index (κ1) is 14.9. The topological polar surface area (TPSA) is 21.3 Å². The van der Waals surface area contributed by atoms with Gasteiger partial charge in [-0.25, -0.2) is 0 Å². The molecule has 0 aliphatic carbocycles. The minimum atomic E-state index is 0.457. The largest absolute Gasteiger partial charge is 0.491 e. The third-order valence-electron chi connectivity index (χ3n) is 3.34. The van der Waals surface area contributed by atoms with Gasteiger partial charge in [0.25, 0.3) is 0 Å². The molecule has 18 heavy (non-hydrogen) atoms. The Morgan fingerprint density at radius 3 is 2.39 bits per heavy atom. The second-order valence-corrected chi connectivity index (χ2v) is 5.52. The Bertz CT molecular complexity index is 349. The molecule has 1 aromatic rings. The van der Waals surface area contributed by atoms with E-state index in [1.54, 1.807) is 0 Å². The van der Waals surface area contributed by atoms with Crippen LogP contribution in [0.1, 0.15) is 41.0 Å². The smallest absolute Gasteiger partial charge is 0.142 e. The highest BCUT2D eigenvalue weighted by atomic mass is 16.5. The fourth-order valence-corrected chi connectivity index (χ4v) is 1.71. The molecule has 0 aliphatic heterocycles. The number of hydrogen-bond acceptors (Lipinski definition) is 2. The number of benzene rings is 1.